The fraction of sp³-hybridized carbons (Fsp3) is 0.567. The van der Waals surface area contributed by atoms with Gasteiger partial charge >= 0.3 is 0 Å². The van der Waals surface area contributed by atoms with Crippen molar-refractivity contribution >= 4 is 28.8 Å². The molecule has 0 radical (unpaired) electrons. The van der Waals surface area contributed by atoms with Crippen LogP contribution in [0.1, 0.15) is 33.6 Å². The first-order chi connectivity index (χ1) is 19.5. The lowest BCUT2D eigenvalue weighted by atomic mass is 9.66. The summed E-state index contributed by atoms with van der Waals surface area (Å²) in [6.45, 7) is 13.6. The first kappa shape index (κ1) is 28.9. The van der Waals surface area contributed by atoms with Crippen LogP contribution >= 0.6 is 0 Å². The van der Waals surface area contributed by atoms with Crippen molar-refractivity contribution in [1.82, 2.24) is 29.7 Å². The molecule has 1 aromatic carbocycles. The molecule has 0 aliphatic carbocycles. The number of likely N-dealkylation sites (tertiary alicyclic amines) is 1. The first-order valence-corrected chi connectivity index (χ1v) is 14.2. The van der Waals surface area contributed by atoms with Crippen LogP contribution in [-0.4, -0.2) is 103 Å². The van der Waals surface area contributed by atoms with E-state index in [2.05, 4.69) is 23.5 Å². The number of aromatic nitrogens is 3. The largest absolute Gasteiger partial charge is 0.394 e. The highest BCUT2D eigenvalue weighted by molar-refractivity contribution is 5.99. The normalized spacial score (nSPS) is 29.2. The molecule has 2 unspecified atom stereocenters. The van der Waals surface area contributed by atoms with E-state index in [0.717, 1.165) is 5.52 Å². The molecule has 3 fully saturated rings. The number of likely N-dealkylation sites (N-methyl/N-ethyl adjacent to an activating group) is 1. The summed E-state index contributed by atoms with van der Waals surface area (Å²) < 4.78 is 8.39. The van der Waals surface area contributed by atoms with Gasteiger partial charge in [-0.3, -0.25) is 14.4 Å². The van der Waals surface area contributed by atoms with Crippen LogP contribution < -0.4 is 0 Å². The Morgan fingerprint density at radius 3 is 2.56 bits per heavy atom. The van der Waals surface area contributed by atoms with E-state index in [0.29, 0.717) is 24.9 Å². The summed E-state index contributed by atoms with van der Waals surface area (Å²) in [5.41, 5.74) is -0.632. The van der Waals surface area contributed by atoms with Crippen LogP contribution in [0.5, 0.6) is 0 Å². The molecule has 220 valence electrons. The number of para-hydroxylation sites is 1. The number of amides is 3. The molecule has 3 saturated heterocycles. The molecule has 2 aromatic rings. The quantitative estimate of drug-likeness (QED) is 0.414. The maximum Gasteiger partial charge on any atom is 0.250 e. The summed E-state index contributed by atoms with van der Waals surface area (Å²) >= 11 is 0. The average Bonchev–Trinajstić information content (AvgIpc) is 3.64. The van der Waals surface area contributed by atoms with E-state index in [1.165, 1.54) is 4.90 Å². The van der Waals surface area contributed by atoms with Crippen molar-refractivity contribution in [2.75, 3.05) is 26.7 Å². The summed E-state index contributed by atoms with van der Waals surface area (Å²) in [5, 5.41) is 19.0. The molecule has 11 heteroatoms. The lowest BCUT2D eigenvalue weighted by molar-refractivity contribution is -0.158. The molecule has 5 rings (SSSR count). The smallest absolute Gasteiger partial charge is 0.250 e. The zero-order chi connectivity index (χ0) is 29.7. The molecule has 1 spiro atoms. The number of aliphatic hydroxyl groups excluding tert-OH is 1. The Kier molecular flexibility index (Phi) is 7.54. The lowest BCUT2D eigenvalue weighted by Crippen LogP contribution is -2.59. The van der Waals surface area contributed by atoms with Gasteiger partial charge in [-0.1, -0.05) is 43.3 Å². The van der Waals surface area contributed by atoms with E-state index >= 15 is 0 Å². The molecule has 2 bridgehead atoms. The van der Waals surface area contributed by atoms with Gasteiger partial charge in [0.1, 0.15) is 23.8 Å². The molecular weight excluding hydrogens is 524 g/mol. The summed E-state index contributed by atoms with van der Waals surface area (Å²) in [6.07, 6.45) is 4.25. The van der Waals surface area contributed by atoms with Crippen LogP contribution in [0.15, 0.2) is 49.6 Å². The lowest BCUT2D eigenvalue weighted by Gasteiger charge is -2.40. The second kappa shape index (κ2) is 10.7. The van der Waals surface area contributed by atoms with Crippen LogP contribution in [0.3, 0.4) is 0 Å². The van der Waals surface area contributed by atoms with E-state index in [9.17, 15) is 19.5 Å². The Morgan fingerprint density at radius 1 is 1.20 bits per heavy atom. The molecule has 11 nitrogen and oxygen atoms in total. The molecule has 3 aliphatic heterocycles. The standard InChI is InChI=1S/C30H40N6O5/c1-7-15-33(6)26(38)23-24-27(39)36(22(17-37)19(3)4)25(30(24)14-13-29(23,5)41-30)28(40)34(16-8-2)18-35-21-12-10-9-11-20(21)31-32-35/h7-12,19,22-25,37H,1-2,13-18H2,3-6H3/t22-,23+,24-,25?,29-,30?/m0/s1. The predicted octanol–water partition coefficient (Wildman–Crippen LogP) is 1.83. The van der Waals surface area contributed by atoms with Crippen molar-refractivity contribution in [1.29, 1.82) is 0 Å². The Morgan fingerprint density at radius 2 is 1.90 bits per heavy atom. The Bertz CT molecular complexity index is 1370. The number of hydrogen-bond acceptors (Lipinski definition) is 7. The number of hydrogen-bond donors (Lipinski definition) is 1. The van der Waals surface area contributed by atoms with Crippen LogP contribution in [0, 0.1) is 17.8 Å². The highest BCUT2D eigenvalue weighted by Crippen LogP contribution is 2.64. The summed E-state index contributed by atoms with van der Waals surface area (Å²) in [6, 6.07) is 5.81. The van der Waals surface area contributed by atoms with Gasteiger partial charge in [-0.2, -0.15) is 0 Å². The van der Waals surface area contributed by atoms with E-state index in [1.54, 1.807) is 33.7 Å². The van der Waals surface area contributed by atoms with Crippen molar-refractivity contribution in [3.05, 3.63) is 49.6 Å². The summed E-state index contributed by atoms with van der Waals surface area (Å²) in [4.78, 5) is 47.6. The van der Waals surface area contributed by atoms with Crippen molar-refractivity contribution in [2.45, 2.75) is 63.6 Å². The fourth-order valence-electron chi connectivity index (χ4n) is 7.25. The van der Waals surface area contributed by atoms with Crippen molar-refractivity contribution in [2.24, 2.45) is 17.8 Å². The maximum absolute atomic E-state index is 14.7. The number of benzene rings is 1. The molecule has 6 atom stereocenters. The minimum Gasteiger partial charge on any atom is -0.394 e. The molecule has 1 aromatic heterocycles. The number of aliphatic hydroxyl groups is 1. The van der Waals surface area contributed by atoms with Gasteiger partial charge in [0.05, 0.1) is 35.6 Å². The molecule has 0 saturated carbocycles. The molecule has 1 N–H and O–H groups in total. The van der Waals surface area contributed by atoms with Crippen LogP contribution in [0.25, 0.3) is 11.0 Å². The van der Waals surface area contributed by atoms with Crippen molar-refractivity contribution in [3.63, 3.8) is 0 Å². The zero-order valence-corrected chi connectivity index (χ0v) is 24.3. The maximum atomic E-state index is 14.7. The predicted molar refractivity (Wildman–Crippen MR) is 152 cm³/mol. The second-order valence-corrected chi connectivity index (χ2v) is 12.0. The van der Waals surface area contributed by atoms with Crippen molar-refractivity contribution in [3.8, 4) is 0 Å². The number of fused-ring (bicyclic) bond motifs is 2. The SMILES string of the molecule is C=CCN(C)C(=O)[C@H]1[C@H]2C(=O)N([C@@H](CO)C(C)C)C(C(=O)N(CC=C)Cn3nnc4ccccc43)C23CC[C@]1(C)O3. The molecule has 4 heterocycles. The number of ether oxygens (including phenoxy) is 1. The minimum atomic E-state index is -1.20. The van der Waals surface area contributed by atoms with Crippen LogP contribution in [-0.2, 0) is 25.8 Å². The molecular formula is C30H40N6O5. The third-order valence-electron chi connectivity index (χ3n) is 9.19. The van der Waals surface area contributed by atoms with Gasteiger partial charge in [-0.15, -0.1) is 18.3 Å². The molecule has 3 aliphatic rings. The average molecular weight is 565 g/mol. The van der Waals surface area contributed by atoms with Crippen LogP contribution in [0.2, 0.25) is 0 Å². The van der Waals surface area contributed by atoms with Gasteiger partial charge in [-0.05, 0) is 37.8 Å². The Hall–Kier alpha value is -3.57. The Labute approximate surface area is 240 Å². The van der Waals surface area contributed by atoms with E-state index < -0.39 is 35.1 Å². The van der Waals surface area contributed by atoms with Gasteiger partial charge < -0.3 is 24.5 Å². The van der Waals surface area contributed by atoms with E-state index in [-0.39, 0.29) is 43.5 Å². The fourth-order valence-corrected chi connectivity index (χ4v) is 7.25. The summed E-state index contributed by atoms with van der Waals surface area (Å²) in [7, 11) is 1.69. The van der Waals surface area contributed by atoms with Crippen molar-refractivity contribution < 1.29 is 24.2 Å². The van der Waals surface area contributed by atoms with Gasteiger partial charge in [0.25, 0.3) is 0 Å². The topological polar surface area (TPSA) is 121 Å². The van der Waals surface area contributed by atoms with Gasteiger partial charge in [0.15, 0.2) is 0 Å². The third-order valence-corrected chi connectivity index (χ3v) is 9.19. The Balaban J connectivity index is 1.59. The summed E-state index contributed by atoms with van der Waals surface area (Å²) in [5.74, 6) is -2.62. The van der Waals surface area contributed by atoms with Crippen LogP contribution in [0.4, 0.5) is 0 Å². The first-order valence-electron chi connectivity index (χ1n) is 14.2. The number of nitrogens with zero attached hydrogens (tertiary/aromatic N) is 6. The highest BCUT2D eigenvalue weighted by atomic mass is 16.5. The van der Waals surface area contributed by atoms with Gasteiger partial charge in [0.2, 0.25) is 17.7 Å². The molecule has 41 heavy (non-hydrogen) atoms. The van der Waals surface area contributed by atoms with E-state index in [4.69, 9.17) is 4.74 Å². The number of carbonyl (C=O) groups excluding carboxylic acids is 3. The monoisotopic (exact) mass is 564 g/mol. The second-order valence-electron chi connectivity index (χ2n) is 12.0. The van der Waals surface area contributed by atoms with Gasteiger partial charge in [0, 0.05) is 20.1 Å². The molecule has 3 amide bonds. The minimum absolute atomic E-state index is 0.0812. The van der Waals surface area contributed by atoms with Gasteiger partial charge in [-0.25, -0.2) is 4.68 Å². The number of rotatable bonds is 11. The van der Waals surface area contributed by atoms with E-state index in [1.807, 2.05) is 45.0 Å². The number of carbonyl (C=O) groups is 3. The highest BCUT2D eigenvalue weighted by Gasteiger charge is 2.78. The zero-order valence-electron chi connectivity index (χ0n) is 24.3. The third kappa shape index (κ3) is 4.37.